The molecule has 2 rings (SSSR count). The molecule has 108 valence electrons. The average Bonchev–Trinajstić information content (AvgIpc) is 2.81. The number of aliphatic hydroxyl groups excluding tert-OH is 1. The third-order valence-electron chi connectivity index (χ3n) is 3.04. The summed E-state index contributed by atoms with van der Waals surface area (Å²) in [7, 11) is 1.22. The summed E-state index contributed by atoms with van der Waals surface area (Å²) < 4.78 is 16.6. The molecule has 2 heterocycles. The average molecular weight is 275 g/mol. The van der Waals surface area contributed by atoms with E-state index in [1.165, 1.54) is 7.05 Å². The van der Waals surface area contributed by atoms with Crippen molar-refractivity contribution in [2.75, 3.05) is 13.7 Å². The van der Waals surface area contributed by atoms with Crippen LogP contribution < -0.4 is 5.32 Å². The number of hydrogen-bond acceptors (Lipinski definition) is 7. The summed E-state index contributed by atoms with van der Waals surface area (Å²) in [5.74, 6) is -0.826. The first kappa shape index (κ1) is 14.1. The lowest BCUT2D eigenvalue weighted by Gasteiger charge is -2.25. The number of aliphatic hydroxyl groups is 1. The summed E-state index contributed by atoms with van der Waals surface area (Å²) in [6, 6.07) is -1.32. The lowest BCUT2D eigenvalue weighted by molar-refractivity contribution is -0.210. The summed E-state index contributed by atoms with van der Waals surface area (Å²) >= 11 is 0. The van der Waals surface area contributed by atoms with Crippen molar-refractivity contribution >= 4 is 6.03 Å². The van der Waals surface area contributed by atoms with Crippen LogP contribution in [0.15, 0.2) is 5.29 Å². The van der Waals surface area contributed by atoms with E-state index in [0.717, 1.165) is 0 Å². The van der Waals surface area contributed by atoms with Gasteiger partial charge in [-0.3, -0.25) is 0 Å². The lowest BCUT2D eigenvalue weighted by Crippen LogP contribution is -2.51. The molecule has 2 fully saturated rings. The molecule has 19 heavy (non-hydrogen) atoms. The molecule has 9 nitrogen and oxygen atoms in total. The van der Waals surface area contributed by atoms with E-state index < -0.39 is 36.4 Å². The van der Waals surface area contributed by atoms with Crippen molar-refractivity contribution in [2.24, 2.45) is 5.29 Å². The predicted molar refractivity (Wildman–Crippen MR) is 61.7 cm³/mol. The molecule has 2 aliphatic heterocycles. The number of nitroso groups, excluding NO2 is 1. The Labute approximate surface area is 109 Å². The van der Waals surface area contributed by atoms with E-state index in [9.17, 15) is 14.8 Å². The molecule has 0 aromatic carbocycles. The molecular weight excluding hydrogens is 258 g/mol. The van der Waals surface area contributed by atoms with Gasteiger partial charge in [0.25, 0.3) is 0 Å². The van der Waals surface area contributed by atoms with Crippen LogP contribution in [0.5, 0.6) is 0 Å². The Morgan fingerprint density at radius 1 is 1.47 bits per heavy atom. The number of carbonyl (C=O) groups excluding carboxylic acids is 1. The number of amides is 2. The summed E-state index contributed by atoms with van der Waals surface area (Å²) in [6.45, 7) is 3.14. The fraction of sp³-hybridized carbons (Fsp3) is 0.900. The zero-order valence-corrected chi connectivity index (χ0v) is 10.9. The SMILES string of the molecule is CN(N=O)C(=O)N[C@@H]1[C@@H]2OC(C)(C)O[C@H]2O[C@H]1CO. The molecule has 0 saturated carbocycles. The molecule has 2 amide bonds. The quantitative estimate of drug-likeness (QED) is 0.533. The maximum Gasteiger partial charge on any atom is 0.340 e. The second-order valence-electron chi connectivity index (χ2n) is 4.91. The highest BCUT2D eigenvalue weighted by Gasteiger charge is 2.55. The maximum absolute atomic E-state index is 11.6. The summed E-state index contributed by atoms with van der Waals surface area (Å²) in [5, 5.41) is 14.9. The normalized spacial score (nSPS) is 35.8. The van der Waals surface area contributed by atoms with Crippen LogP contribution in [0.4, 0.5) is 4.79 Å². The molecule has 0 bridgehead atoms. The van der Waals surface area contributed by atoms with Crippen molar-refractivity contribution in [3.05, 3.63) is 4.91 Å². The van der Waals surface area contributed by atoms with Crippen LogP contribution in [0, 0.1) is 4.91 Å². The van der Waals surface area contributed by atoms with Crippen LogP contribution in [-0.2, 0) is 14.2 Å². The number of nitrogens with zero attached hydrogens (tertiary/aromatic N) is 2. The van der Waals surface area contributed by atoms with Crippen LogP contribution in [0.1, 0.15) is 13.8 Å². The van der Waals surface area contributed by atoms with Gasteiger partial charge < -0.3 is 24.6 Å². The first-order chi connectivity index (χ1) is 8.88. The number of fused-ring (bicyclic) bond motifs is 1. The summed E-state index contributed by atoms with van der Waals surface area (Å²) in [5.41, 5.74) is 0. The molecule has 0 spiro atoms. The molecule has 2 saturated heterocycles. The number of ether oxygens (including phenoxy) is 3. The molecule has 0 aromatic heterocycles. The Bertz CT molecular complexity index is 376. The molecule has 9 heteroatoms. The van der Waals surface area contributed by atoms with E-state index in [2.05, 4.69) is 10.6 Å². The van der Waals surface area contributed by atoms with Crippen molar-refractivity contribution < 1.29 is 24.1 Å². The minimum Gasteiger partial charge on any atom is -0.394 e. The van der Waals surface area contributed by atoms with Gasteiger partial charge in [-0.05, 0) is 13.8 Å². The molecule has 0 radical (unpaired) electrons. The summed E-state index contributed by atoms with van der Waals surface area (Å²) in [6.07, 6.45) is -1.86. The van der Waals surface area contributed by atoms with E-state index in [1.807, 2.05) is 0 Å². The van der Waals surface area contributed by atoms with Crippen LogP contribution >= 0.6 is 0 Å². The highest BCUT2D eigenvalue weighted by atomic mass is 16.8. The van der Waals surface area contributed by atoms with Gasteiger partial charge >= 0.3 is 6.03 Å². The zero-order chi connectivity index (χ0) is 14.2. The second kappa shape index (κ2) is 5.00. The van der Waals surface area contributed by atoms with Crippen molar-refractivity contribution in [2.45, 2.75) is 44.2 Å². The van der Waals surface area contributed by atoms with Crippen LogP contribution in [-0.4, -0.2) is 60.1 Å². The van der Waals surface area contributed by atoms with E-state index in [4.69, 9.17) is 14.2 Å². The van der Waals surface area contributed by atoms with E-state index >= 15 is 0 Å². The fourth-order valence-electron chi connectivity index (χ4n) is 2.18. The number of carbonyl (C=O) groups is 1. The molecule has 0 unspecified atom stereocenters. The smallest absolute Gasteiger partial charge is 0.340 e. The minimum atomic E-state index is -0.826. The Morgan fingerprint density at radius 3 is 2.74 bits per heavy atom. The lowest BCUT2D eigenvalue weighted by atomic mass is 10.1. The number of rotatable bonds is 3. The molecule has 2 aliphatic rings. The standard InChI is InChI=1S/C10H17N3O6/c1-10(2)18-7-6(11-9(15)13(3)12-16)5(4-14)17-8(7)19-10/h5-8,14H,4H2,1-3H3,(H,11,15)/t5-,6-,7-,8+/m0/s1. The first-order valence-corrected chi connectivity index (χ1v) is 5.87. The largest absolute Gasteiger partial charge is 0.394 e. The molecule has 2 N–H and O–H groups in total. The third kappa shape index (κ3) is 2.68. The van der Waals surface area contributed by atoms with Crippen molar-refractivity contribution in [3.63, 3.8) is 0 Å². The zero-order valence-electron chi connectivity index (χ0n) is 10.9. The summed E-state index contributed by atoms with van der Waals surface area (Å²) in [4.78, 5) is 21.9. The van der Waals surface area contributed by atoms with E-state index in [1.54, 1.807) is 13.8 Å². The first-order valence-electron chi connectivity index (χ1n) is 5.87. The maximum atomic E-state index is 11.6. The van der Waals surface area contributed by atoms with Gasteiger partial charge in [-0.25, -0.2) is 4.79 Å². The van der Waals surface area contributed by atoms with Crippen LogP contribution in [0.3, 0.4) is 0 Å². The fourth-order valence-corrected chi connectivity index (χ4v) is 2.18. The van der Waals surface area contributed by atoms with E-state index in [-0.39, 0.29) is 6.61 Å². The van der Waals surface area contributed by atoms with Gasteiger partial charge in [-0.15, -0.1) is 4.91 Å². The van der Waals surface area contributed by atoms with Gasteiger partial charge in [0.15, 0.2) is 12.1 Å². The van der Waals surface area contributed by atoms with Gasteiger partial charge in [0, 0.05) is 7.05 Å². The van der Waals surface area contributed by atoms with Gasteiger partial charge in [0.2, 0.25) is 0 Å². The van der Waals surface area contributed by atoms with Crippen molar-refractivity contribution in [1.29, 1.82) is 0 Å². The Balaban J connectivity index is 2.08. The Kier molecular flexibility index (Phi) is 3.72. The second-order valence-corrected chi connectivity index (χ2v) is 4.91. The number of nitrogens with one attached hydrogen (secondary N) is 1. The van der Waals surface area contributed by atoms with Gasteiger partial charge in [0.05, 0.1) is 17.9 Å². The monoisotopic (exact) mass is 275 g/mol. The Hall–Kier alpha value is -1.29. The molecule has 0 aliphatic carbocycles. The molecule has 4 atom stereocenters. The number of urea groups is 1. The van der Waals surface area contributed by atoms with Crippen LogP contribution in [0.2, 0.25) is 0 Å². The molecule has 0 aromatic rings. The topological polar surface area (TPSA) is 110 Å². The van der Waals surface area contributed by atoms with Crippen molar-refractivity contribution in [1.82, 2.24) is 10.3 Å². The highest BCUT2D eigenvalue weighted by molar-refractivity contribution is 5.74. The van der Waals surface area contributed by atoms with Gasteiger partial charge in [0.1, 0.15) is 12.2 Å². The van der Waals surface area contributed by atoms with Crippen molar-refractivity contribution in [3.8, 4) is 0 Å². The van der Waals surface area contributed by atoms with Gasteiger partial charge in [-0.2, -0.15) is 5.01 Å². The Morgan fingerprint density at radius 2 is 2.16 bits per heavy atom. The van der Waals surface area contributed by atoms with Gasteiger partial charge in [-0.1, -0.05) is 0 Å². The molecular formula is C10H17N3O6. The minimum absolute atomic E-state index is 0.302. The third-order valence-corrected chi connectivity index (χ3v) is 3.04. The van der Waals surface area contributed by atoms with Crippen LogP contribution in [0.25, 0.3) is 0 Å². The highest BCUT2D eigenvalue weighted by Crippen LogP contribution is 2.37. The predicted octanol–water partition coefficient (Wildman–Crippen LogP) is -0.454. The van der Waals surface area contributed by atoms with E-state index in [0.29, 0.717) is 5.01 Å². The number of hydrogen-bond donors (Lipinski definition) is 2.